The molecule has 3 aromatic rings. The molecule has 0 amide bonds. The van der Waals surface area contributed by atoms with Gasteiger partial charge in [0, 0.05) is 21.6 Å². The Labute approximate surface area is 147 Å². The number of fused-ring (bicyclic) bond motifs is 2. The van der Waals surface area contributed by atoms with Gasteiger partial charge in [-0.05, 0) is 36.8 Å². The van der Waals surface area contributed by atoms with E-state index in [2.05, 4.69) is 31.4 Å². The van der Waals surface area contributed by atoms with Gasteiger partial charge in [-0.25, -0.2) is 0 Å². The summed E-state index contributed by atoms with van der Waals surface area (Å²) in [6.07, 6.45) is 1.78. The lowest BCUT2D eigenvalue weighted by Gasteiger charge is -2.08. The lowest BCUT2D eigenvalue weighted by atomic mass is 10.1. The summed E-state index contributed by atoms with van der Waals surface area (Å²) in [5, 5.41) is 5.28. The van der Waals surface area contributed by atoms with E-state index < -0.39 is 0 Å². The van der Waals surface area contributed by atoms with E-state index in [1.54, 1.807) is 6.21 Å². The molecule has 1 N–H and O–H groups in total. The van der Waals surface area contributed by atoms with Gasteiger partial charge in [-0.2, -0.15) is 5.10 Å². The topological polar surface area (TPSA) is 55.7 Å². The van der Waals surface area contributed by atoms with Crippen molar-refractivity contribution in [3.05, 3.63) is 58.2 Å². The Bertz CT molecular complexity index is 939. The van der Waals surface area contributed by atoms with Gasteiger partial charge in [0.1, 0.15) is 0 Å². The zero-order valence-corrected chi connectivity index (χ0v) is 14.5. The summed E-state index contributed by atoms with van der Waals surface area (Å²) in [6.45, 7) is 2.20. The third-order valence-electron chi connectivity index (χ3n) is 3.70. The van der Waals surface area contributed by atoms with Gasteiger partial charge in [-0.15, -0.1) is 0 Å². The summed E-state index contributed by atoms with van der Waals surface area (Å²) in [5.41, 5.74) is 6.75. The zero-order chi connectivity index (χ0) is 16.5. The van der Waals surface area contributed by atoms with Crippen molar-refractivity contribution in [3.8, 4) is 11.5 Å². The lowest BCUT2D eigenvalue weighted by molar-refractivity contribution is 0.174. The largest absolute Gasteiger partial charge is 0.454 e. The molecular weight excluding hydrogens is 370 g/mol. The molecular formula is C18H14BrN3O2. The number of rotatable bonds is 3. The first-order valence-electron chi connectivity index (χ1n) is 7.45. The fraction of sp³-hybridized carbons (Fsp3) is 0.111. The molecule has 0 atom stereocenters. The molecule has 1 aliphatic heterocycles. The van der Waals surface area contributed by atoms with Gasteiger partial charge in [-0.3, -0.25) is 10.4 Å². The number of nitrogens with one attached hydrogen (secondary N) is 1. The summed E-state index contributed by atoms with van der Waals surface area (Å²) in [6, 6.07) is 13.7. The number of hydrazone groups is 1. The Morgan fingerprint density at radius 1 is 1.12 bits per heavy atom. The number of hydrogen-bond acceptors (Lipinski definition) is 5. The number of benzene rings is 2. The second-order valence-electron chi connectivity index (χ2n) is 5.46. The SMILES string of the molecule is Cc1cc(N/N=C/c2ccc(Br)cc2)c2cc3c(cc2n1)OCO3. The third-order valence-corrected chi connectivity index (χ3v) is 4.23. The molecule has 24 heavy (non-hydrogen) atoms. The summed E-state index contributed by atoms with van der Waals surface area (Å²) >= 11 is 3.42. The highest BCUT2D eigenvalue weighted by Gasteiger charge is 2.16. The van der Waals surface area contributed by atoms with E-state index in [9.17, 15) is 0 Å². The highest BCUT2D eigenvalue weighted by Crippen LogP contribution is 2.38. The summed E-state index contributed by atoms with van der Waals surface area (Å²) < 4.78 is 11.9. The highest BCUT2D eigenvalue weighted by molar-refractivity contribution is 9.10. The monoisotopic (exact) mass is 383 g/mol. The molecule has 4 rings (SSSR count). The predicted octanol–water partition coefficient (Wildman–Crippen LogP) is 4.48. The van der Waals surface area contributed by atoms with Crippen molar-refractivity contribution in [3.63, 3.8) is 0 Å². The van der Waals surface area contributed by atoms with Crippen LogP contribution in [0, 0.1) is 6.92 Å². The number of pyridine rings is 1. The summed E-state index contributed by atoms with van der Waals surface area (Å²) in [7, 11) is 0. The summed E-state index contributed by atoms with van der Waals surface area (Å²) in [5.74, 6) is 1.46. The lowest BCUT2D eigenvalue weighted by Crippen LogP contribution is -1.95. The van der Waals surface area contributed by atoms with Crippen LogP contribution >= 0.6 is 15.9 Å². The number of aryl methyl sites for hydroxylation is 1. The smallest absolute Gasteiger partial charge is 0.231 e. The maximum atomic E-state index is 5.46. The number of hydrogen-bond donors (Lipinski definition) is 1. The van der Waals surface area contributed by atoms with Crippen LogP contribution in [0.15, 0.2) is 52.0 Å². The van der Waals surface area contributed by atoms with Crippen molar-refractivity contribution in [2.24, 2.45) is 5.10 Å². The third kappa shape index (κ3) is 2.92. The van der Waals surface area contributed by atoms with Crippen molar-refractivity contribution in [2.45, 2.75) is 6.92 Å². The van der Waals surface area contributed by atoms with Crippen molar-refractivity contribution < 1.29 is 9.47 Å². The Kier molecular flexibility index (Phi) is 3.82. The second kappa shape index (κ2) is 6.13. The molecule has 0 spiro atoms. The van der Waals surface area contributed by atoms with Crippen LogP contribution in [0.2, 0.25) is 0 Å². The van der Waals surface area contributed by atoms with E-state index in [0.29, 0.717) is 0 Å². The van der Waals surface area contributed by atoms with E-state index >= 15 is 0 Å². The van der Waals surface area contributed by atoms with E-state index in [1.165, 1.54) is 0 Å². The Hall–Kier alpha value is -2.60. The first kappa shape index (κ1) is 15.0. The molecule has 0 bridgehead atoms. The van der Waals surface area contributed by atoms with Gasteiger partial charge >= 0.3 is 0 Å². The molecule has 6 heteroatoms. The molecule has 0 unspecified atom stereocenters. The van der Waals surface area contributed by atoms with Crippen LogP contribution in [-0.2, 0) is 0 Å². The number of ether oxygens (including phenoxy) is 2. The average Bonchev–Trinajstić information content (AvgIpc) is 3.02. The van der Waals surface area contributed by atoms with Crippen molar-refractivity contribution in [1.82, 2.24) is 4.98 Å². The quantitative estimate of drug-likeness (QED) is 0.535. The molecule has 0 radical (unpaired) electrons. The van der Waals surface area contributed by atoms with Crippen molar-refractivity contribution in [2.75, 3.05) is 12.2 Å². The van der Waals surface area contributed by atoms with Gasteiger partial charge in [-0.1, -0.05) is 28.1 Å². The molecule has 5 nitrogen and oxygen atoms in total. The van der Waals surface area contributed by atoms with Gasteiger partial charge < -0.3 is 9.47 Å². The van der Waals surface area contributed by atoms with E-state index in [1.807, 2.05) is 49.4 Å². The minimum Gasteiger partial charge on any atom is -0.454 e. The minimum absolute atomic E-state index is 0.245. The maximum Gasteiger partial charge on any atom is 0.231 e. The molecule has 1 aromatic heterocycles. The van der Waals surface area contributed by atoms with Gasteiger partial charge in [0.25, 0.3) is 0 Å². The molecule has 2 aromatic carbocycles. The summed E-state index contributed by atoms with van der Waals surface area (Å²) in [4.78, 5) is 4.56. The fourth-order valence-electron chi connectivity index (χ4n) is 2.57. The molecule has 120 valence electrons. The average molecular weight is 384 g/mol. The first-order valence-corrected chi connectivity index (χ1v) is 8.24. The molecule has 0 aliphatic carbocycles. The molecule has 0 saturated heterocycles. The zero-order valence-electron chi connectivity index (χ0n) is 12.9. The standard InChI is InChI=1S/C18H14BrN3O2/c1-11-6-16(22-20-9-12-2-4-13(19)5-3-12)14-7-17-18(24-10-23-17)8-15(14)21-11/h2-9H,10H2,1H3,(H,21,22)/b20-9+. The second-order valence-corrected chi connectivity index (χ2v) is 6.37. The predicted molar refractivity (Wildman–Crippen MR) is 98.0 cm³/mol. The van der Waals surface area contributed by atoms with Crippen LogP contribution in [0.5, 0.6) is 11.5 Å². The van der Waals surface area contributed by atoms with Gasteiger partial charge in [0.15, 0.2) is 11.5 Å². The molecule has 1 aliphatic rings. The van der Waals surface area contributed by atoms with E-state index in [4.69, 9.17) is 9.47 Å². The first-order chi connectivity index (χ1) is 11.7. The number of nitrogens with zero attached hydrogens (tertiary/aromatic N) is 2. The van der Waals surface area contributed by atoms with E-state index in [-0.39, 0.29) is 6.79 Å². The minimum atomic E-state index is 0.245. The number of aromatic nitrogens is 1. The van der Waals surface area contributed by atoms with Crippen molar-refractivity contribution in [1.29, 1.82) is 0 Å². The highest BCUT2D eigenvalue weighted by atomic mass is 79.9. The Morgan fingerprint density at radius 3 is 2.67 bits per heavy atom. The normalized spacial score (nSPS) is 12.9. The van der Waals surface area contributed by atoms with Crippen molar-refractivity contribution >= 4 is 38.7 Å². The maximum absolute atomic E-state index is 5.46. The van der Waals surface area contributed by atoms with Crippen LogP contribution < -0.4 is 14.9 Å². The number of halogens is 1. The Balaban J connectivity index is 1.67. The Morgan fingerprint density at radius 2 is 1.88 bits per heavy atom. The molecule has 0 saturated carbocycles. The van der Waals surface area contributed by atoms with Crippen LogP contribution in [0.4, 0.5) is 5.69 Å². The van der Waals surface area contributed by atoms with Crippen LogP contribution in [0.3, 0.4) is 0 Å². The molecule has 0 fully saturated rings. The van der Waals surface area contributed by atoms with Gasteiger partial charge in [0.2, 0.25) is 6.79 Å². The van der Waals surface area contributed by atoms with Gasteiger partial charge in [0.05, 0.1) is 17.4 Å². The molecule has 2 heterocycles. The fourth-order valence-corrected chi connectivity index (χ4v) is 2.83. The van der Waals surface area contributed by atoms with Crippen LogP contribution in [0.25, 0.3) is 10.9 Å². The number of anilines is 1. The van der Waals surface area contributed by atoms with E-state index in [0.717, 1.165) is 43.8 Å². The van der Waals surface area contributed by atoms with Crippen LogP contribution in [0.1, 0.15) is 11.3 Å². The van der Waals surface area contributed by atoms with Crippen LogP contribution in [-0.4, -0.2) is 18.0 Å².